The number of rotatable bonds is 8. The molecule has 22 heavy (non-hydrogen) atoms. The molecule has 0 aliphatic rings. The van der Waals surface area contributed by atoms with Crippen LogP contribution in [0.5, 0.6) is 0 Å². The molecule has 1 unspecified atom stereocenters. The molecule has 0 fully saturated rings. The molecule has 1 aromatic carbocycles. The highest BCUT2D eigenvalue weighted by atomic mass is 32.2. The van der Waals surface area contributed by atoms with E-state index in [0.717, 1.165) is 18.9 Å². The van der Waals surface area contributed by atoms with Crippen molar-refractivity contribution in [3.63, 3.8) is 0 Å². The Morgan fingerprint density at radius 3 is 2.55 bits per heavy atom. The zero-order valence-electron chi connectivity index (χ0n) is 13.7. The minimum Gasteiger partial charge on any atom is -0.357 e. The van der Waals surface area contributed by atoms with Crippen molar-refractivity contribution in [3.05, 3.63) is 35.9 Å². The predicted octanol–water partition coefficient (Wildman–Crippen LogP) is 1.61. The summed E-state index contributed by atoms with van der Waals surface area (Å²) in [7, 11) is -2.92. The van der Waals surface area contributed by atoms with Crippen LogP contribution < -0.4 is 10.6 Å². The van der Waals surface area contributed by atoms with Crippen molar-refractivity contribution in [2.75, 3.05) is 25.1 Å². The standard InChI is InChI=1S/C16H27N3O2S/c1-4-17-16(19-14(2)11-13-22(3,20)21)18-12-10-15-8-6-5-7-9-15/h5-9,14H,4,10-13H2,1-3H3,(H2,17,18,19). The van der Waals surface area contributed by atoms with Gasteiger partial charge in [-0.2, -0.15) is 0 Å². The quantitative estimate of drug-likeness (QED) is 0.563. The minimum absolute atomic E-state index is 0.0595. The first-order valence-corrected chi connectivity index (χ1v) is 9.73. The van der Waals surface area contributed by atoms with Crippen LogP contribution in [0.2, 0.25) is 0 Å². The van der Waals surface area contributed by atoms with Crippen molar-refractivity contribution in [2.45, 2.75) is 32.7 Å². The van der Waals surface area contributed by atoms with Gasteiger partial charge >= 0.3 is 0 Å². The van der Waals surface area contributed by atoms with Gasteiger partial charge in [-0.15, -0.1) is 0 Å². The second-order valence-corrected chi connectivity index (χ2v) is 7.72. The van der Waals surface area contributed by atoms with Crippen molar-refractivity contribution in [1.29, 1.82) is 0 Å². The first kappa shape index (κ1) is 18.5. The van der Waals surface area contributed by atoms with Gasteiger partial charge in [0, 0.05) is 25.4 Å². The van der Waals surface area contributed by atoms with E-state index in [1.54, 1.807) is 0 Å². The van der Waals surface area contributed by atoms with E-state index in [4.69, 9.17) is 0 Å². The van der Waals surface area contributed by atoms with Crippen molar-refractivity contribution >= 4 is 15.8 Å². The maximum Gasteiger partial charge on any atom is 0.191 e. The number of hydrogen-bond donors (Lipinski definition) is 2. The number of nitrogens with one attached hydrogen (secondary N) is 2. The van der Waals surface area contributed by atoms with E-state index in [9.17, 15) is 8.42 Å². The molecule has 0 heterocycles. The lowest BCUT2D eigenvalue weighted by atomic mass is 10.2. The van der Waals surface area contributed by atoms with Gasteiger partial charge in [-0.05, 0) is 32.3 Å². The number of benzene rings is 1. The first-order valence-electron chi connectivity index (χ1n) is 7.67. The van der Waals surface area contributed by atoms with Gasteiger partial charge in [0.05, 0.1) is 5.75 Å². The van der Waals surface area contributed by atoms with Gasteiger partial charge in [-0.3, -0.25) is 4.99 Å². The summed E-state index contributed by atoms with van der Waals surface area (Å²) < 4.78 is 22.4. The highest BCUT2D eigenvalue weighted by Gasteiger charge is 2.09. The molecule has 0 aliphatic heterocycles. The van der Waals surface area contributed by atoms with Crippen LogP contribution in [-0.4, -0.2) is 45.5 Å². The van der Waals surface area contributed by atoms with Gasteiger partial charge in [-0.25, -0.2) is 8.42 Å². The molecule has 5 nitrogen and oxygen atoms in total. The van der Waals surface area contributed by atoms with Crippen LogP contribution in [0.25, 0.3) is 0 Å². The molecule has 0 saturated heterocycles. The summed E-state index contributed by atoms with van der Waals surface area (Å²) in [5.74, 6) is 0.921. The molecule has 0 saturated carbocycles. The molecule has 124 valence electrons. The van der Waals surface area contributed by atoms with Gasteiger partial charge in [0.2, 0.25) is 0 Å². The number of nitrogens with zero attached hydrogens (tertiary/aromatic N) is 1. The normalized spacial score (nSPS) is 13.7. The Kier molecular flexibility index (Phi) is 7.95. The largest absolute Gasteiger partial charge is 0.357 e. The summed E-state index contributed by atoms with van der Waals surface area (Å²) in [5.41, 5.74) is 1.26. The first-order chi connectivity index (χ1) is 10.4. The minimum atomic E-state index is -2.92. The summed E-state index contributed by atoms with van der Waals surface area (Å²) in [4.78, 5) is 4.54. The van der Waals surface area contributed by atoms with E-state index in [1.165, 1.54) is 11.8 Å². The molecule has 0 spiro atoms. The maximum absolute atomic E-state index is 11.2. The highest BCUT2D eigenvalue weighted by molar-refractivity contribution is 7.90. The van der Waals surface area contributed by atoms with Gasteiger partial charge < -0.3 is 10.6 Å². The number of aliphatic imine (C=N–C) groups is 1. The van der Waals surface area contributed by atoms with E-state index in [-0.39, 0.29) is 11.8 Å². The molecule has 2 N–H and O–H groups in total. The third-order valence-corrected chi connectivity index (χ3v) is 4.14. The lowest BCUT2D eigenvalue weighted by molar-refractivity contribution is 0.581. The molecule has 0 bridgehead atoms. The Morgan fingerprint density at radius 1 is 1.27 bits per heavy atom. The van der Waals surface area contributed by atoms with E-state index < -0.39 is 9.84 Å². The summed E-state index contributed by atoms with van der Waals surface area (Å²) in [6, 6.07) is 10.3. The fraction of sp³-hybridized carbons (Fsp3) is 0.562. The van der Waals surface area contributed by atoms with Crippen LogP contribution in [0.3, 0.4) is 0 Å². The summed E-state index contributed by atoms with van der Waals surface area (Å²) in [6.07, 6.45) is 2.72. The second kappa shape index (κ2) is 9.46. The van der Waals surface area contributed by atoms with Gasteiger partial charge in [-0.1, -0.05) is 30.3 Å². The van der Waals surface area contributed by atoms with Crippen molar-refractivity contribution in [1.82, 2.24) is 10.6 Å². The van der Waals surface area contributed by atoms with Crippen LogP contribution in [0.1, 0.15) is 25.8 Å². The number of hydrogen-bond acceptors (Lipinski definition) is 3. The summed E-state index contributed by atoms with van der Waals surface area (Å²) in [5, 5.41) is 6.44. The Balaban J connectivity index is 2.47. The van der Waals surface area contributed by atoms with Crippen LogP contribution in [0, 0.1) is 0 Å². The van der Waals surface area contributed by atoms with Gasteiger partial charge in [0.25, 0.3) is 0 Å². The SMILES string of the molecule is CCNC(=NCCc1ccccc1)NC(C)CCS(C)(=O)=O. The molecule has 0 aliphatic carbocycles. The van der Waals surface area contributed by atoms with E-state index in [2.05, 4.69) is 27.8 Å². The van der Waals surface area contributed by atoms with E-state index >= 15 is 0 Å². The number of guanidine groups is 1. The lowest BCUT2D eigenvalue weighted by Gasteiger charge is -2.17. The molecule has 0 aromatic heterocycles. The Bertz CT molecular complexity index is 556. The molecule has 1 atom stereocenters. The fourth-order valence-electron chi connectivity index (χ4n) is 1.96. The molecule has 6 heteroatoms. The monoisotopic (exact) mass is 325 g/mol. The molecule has 1 rings (SSSR count). The van der Waals surface area contributed by atoms with Crippen molar-refractivity contribution < 1.29 is 8.42 Å². The van der Waals surface area contributed by atoms with E-state index in [1.807, 2.05) is 32.0 Å². The maximum atomic E-state index is 11.2. The van der Waals surface area contributed by atoms with Crippen LogP contribution in [-0.2, 0) is 16.3 Å². The highest BCUT2D eigenvalue weighted by Crippen LogP contribution is 2.00. The Morgan fingerprint density at radius 2 is 1.95 bits per heavy atom. The average molecular weight is 325 g/mol. The predicted molar refractivity (Wildman–Crippen MR) is 93.1 cm³/mol. The Labute approximate surface area is 134 Å². The summed E-state index contributed by atoms with van der Waals surface area (Å²) >= 11 is 0. The number of sulfone groups is 1. The lowest BCUT2D eigenvalue weighted by Crippen LogP contribution is -2.43. The van der Waals surface area contributed by atoms with Crippen LogP contribution in [0.4, 0.5) is 0 Å². The van der Waals surface area contributed by atoms with Crippen molar-refractivity contribution in [2.24, 2.45) is 4.99 Å². The molecule has 0 radical (unpaired) electrons. The smallest absolute Gasteiger partial charge is 0.191 e. The average Bonchev–Trinajstić information content (AvgIpc) is 2.46. The Hall–Kier alpha value is -1.56. The molecule has 1 aromatic rings. The van der Waals surface area contributed by atoms with Gasteiger partial charge in [0.1, 0.15) is 9.84 Å². The topological polar surface area (TPSA) is 70.6 Å². The third kappa shape index (κ3) is 8.67. The molecular formula is C16H27N3O2S. The molecular weight excluding hydrogens is 298 g/mol. The fourth-order valence-corrected chi connectivity index (χ4v) is 2.74. The zero-order valence-corrected chi connectivity index (χ0v) is 14.5. The van der Waals surface area contributed by atoms with Gasteiger partial charge in [0.15, 0.2) is 5.96 Å². The van der Waals surface area contributed by atoms with Crippen LogP contribution in [0.15, 0.2) is 35.3 Å². The summed E-state index contributed by atoms with van der Waals surface area (Å²) in [6.45, 7) is 5.44. The zero-order chi connectivity index (χ0) is 16.4. The third-order valence-electron chi connectivity index (χ3n) is 3.16. The van der Waals surface area contributed by atoms with Crippen molar-refractivity contribution in [3.8, 4) is 0 Å². The van der Waals surface area contributed by atoms with E-state index in [0.29, 0.717) is 13.0 Å². The molecule has 0 amide bonds. The second-order valence-electron chi connectivity index (χ2n) is 5.46. The van der Waals surface area contributed by atoms with Crippen LogP contribution >= 0.6 is 0 Å².